The molecule has 30 heavy (non-hydrogen) atoms. The van der Waals surface area contributed by atoms with Crippen molar-refractivity contribution in [3.8, 4) is 23.0 Å². The Hall–Kier alpha value is -3.13. The maximum Gasteiger partial charge on any atom is 0.325 e. The smallest absolute Gasteiger partial charge is 0.325 e. The van der Waals surface area contributed by atoms with Crippen molar-refractivity contribution in [2.24, 2.45) is 0 Å². The van der Waals surface area contributed by atoms with Crippen LogP contribution >= 0.6 is 11.6 Å². The monoisotopic (exact) mass is 430 g/mol. The summed E-state index contributed by atoms with van der Waals surface area (Å²) in [5.74, 6) is 1.79. The Morgan fingerprint density at radius 2 is 1.83 bits per heavy atom. The Kier molecular flexibility index (Phi) is 4.39. The zero-order valence-electron chi connectivity index (χ0n) is 16.2. The third-order valence-corrected chi connectivity index (χ3v) is 5.71. The fourth-order valence-electron chi connectivity index (χ4n) is 3.80. The van der Waals surface area contributed by atoms with Crippen molar-refractivity contribution in [3.63, 3.8) is 0 Å². The zero-order chi connectivity index (χ0) is 20.9. The SMILES string of the molecule is CC1(c2ccc3c(c2)OCO3)NC(=O)N(Cc2cc(Cl)c3c(c2)OCCCO3)C1=O. The Balaban J connectivity index is 1.42. The number of ether oxygens (including phenoxy) is 4. The zero-order valence-corrected chi connectivity index (χ0v) is 17.0. The normalized spacial score (nSPS) is 22.1. The van der Waals surface area contributed by atoms with E-state index in [1.165, 1.54) is 4.90 Å². The number of hydrogen-bond acceptors (Lipinski definition) is 6. The Morgan fingerprint density at radius 1 is 1.03 bits per heavy atom. The van der Waals surface area contributed by atoms with Crippen LogP contribution in [0, 0.1) is 0 Å². The minimum atomic E-state index is -1.22. The lowest BCUT2D eigenvalue weighted by Crippen LogP contribution is -2.40. The molecule has 1 fully saturated rings. The van der Waals surface area contributed by atoms with Crippen LogP contribution in [0.3, 0.4) is 0 Å². The van der Waals surface area contributed by atoms with E-state index in [1.54, 1.807) is 37.3 Å². The summed E-state index contributed by atoms with van der Waals surface area (Å²) in [4.78, 5) is 27.1. The van der Waals surface area contributed by atoms with Crippen LogP contribution in [0.4, 0.5) is 4.79 Å². The molecule has 2 aromatic carbocycles. The van der Waals surface area contributed by atoms with Gasteiger partial charge in [0.25, 0.3) is 5.91 Å². The van der Waals surface area contributed by atoms with Crippen LogP contribution in [0.5, 0.6) is 23.0 Å². The van der Waals surface area contributed by atoms with E-state index >= 15 is 0 Å². The van der Waals surface area contributed by atoms with Gasteiger partial charge in [0.1, 0.15) is 5.54 Å². The van der Waals surface area contributed by atoms with Crippen molar-refractivity contribution in [2.45, 2.75) is 25.4 Å². The second kappa shape index (κ2) is 6.98. The van der Waals surface area contributed by atoms with E-state index in [1.807, 2.05) is 0 Å². The van der Waals surface area contributed by atoms with Crippen LogP contribution in [0.1, 0.15) is 24.5 Å². The van der Waals surface area contributed by atoms with E-state index in [9.17, 15) is 9.59 Å². The first kappa shape index (κ1) is 18.9. The van der Waals surface area contributed by atoms with Crippen LogP contribution < -0.4 is 24.3 Å². The molecule has 0 bridgehead atoms. The van der Waals surface area contributed by atoms with Gasteiger partial charge in [0.2, 0.25) is 6.79 Å². The lowest BCUT2D eigenvalue weighted by atomic mass is 9.91. The van der Waals surface area contributed by atoms with E-state index in [0.29, 0.717) is 52.4 Å². The van der Waals surface area contributed by atoms with Gasteiger partial charge in [-0.15, -0.1) is 0 Å². The van der Waals surface area contributed by atoms with Gasteiger partial charge in [-0.05, 0) is 42.3 Å². The lowest BCUT2D eigenvalue weighted by Gasteiger charge is -2.22. The molecular weight excluding hydrogens is 412 g/mol. The van der Waals surface area contributed by atoms with Gasteiger partial charge >= 0.3 is 6.03 Å². The van der Waals surface area contributed by atoms with Crippen molar-refractivity contribution < 1.29 is 28.5 Å². The lowest BCUT2D eigenvalue weighted by molar-refractivity contribution is -0.131. The van der Waals surface area contributed by atoms with Gasteiger partial charge in [0, 0.05) is 6.42 Å². The first-order chi connectivity index (χ1) is 14.5. The van der Waals surface area contributed by atoms with Gasteiger partial charge in [-0.2, -0.15) is 0 Å². The molecule has 3 aliphatic heterocycles. The summed E-state index contributed by atoms with van der Waals surface area (Å²) in [5, 5.41) is 3.18. The third kappa shape index (κ3) is 2.99. The molecule has 3 amide bonds. The molecule has 5 rings (SSSR count). The number of nitrogens with zero attached hydrogens (tertiary/aromatic N) is 1. The number of carbonyl (C=O) groups excluding carboxylic acids is 2. The standard InChI is InChI=1S/C21H19ClN2O6/c1-21(13-3-4-15-16(9-13)30-11-29-15)19(25)24(20(26)23-21)10-12-7-14(22)18-17(8-12)27-5-2-6-28-18/h3-4,7-9H,2,5-6,10-11H2,1H3,(H,23,26). The van der Waals surface area contributed by atoms with E-state index in [0.717, 1.165) is 6.42 Å². The largest absolute Gasteiger partial charge is 0.489 e. The minimum Gasteiger partial charge on any atom is -0.489 e. The first-order valence-electron chi connectivity index (χ1n) is 9.58. The predicted octanol–water partition coefficient (Wildman–Crippen LogP) is 3.20. The van der Waals surface area contributed by atoms with E-state index in [4.69, 9.17) is 30.5 Å². The molecule has 0 spiro atoms. The Labute approximate surface area is 177 Å². The molecule has 1 unspecified atom stereocenters. The molecule has 1 atom stereocenters. The summed E-state index contributed by atoms with van der Waals surface area (Å²) in [6.45, 7) is 2.89. The highest BCUT2D eigenvalue weighted by molar-refractivity contribution is 6.32. The second-order valence-corrected chi connectivity index (χ2v) is 7.88. The van der Waals surface area contributed by atoms with E-state index in [2.05, 4.69) is 5.32 Å². The van der Waals surface area contributed by atoms with Crippen LogP contribution in [-0.4, -0.2) is 36.8 Å². The molecule has 3 heterocycles. The molecule has 3 aliphatic rings. The highest BCUT2D eigenvalue weighted by Crippen LogP contribution is 2.40. The van der Waals surface area contributed by atoms with Gasteiger partial charge in [-0.3, -0.25) is 9.69 Å². The molecule has 1 saturated heterocycles. The number of nitrogens with one attached hydrogen (secondary N) is 1. The molecule has 0 aliphatic carbocycles. The Morgan fingerprint density at radius 3 is 2.70 bits per heavy atom. The summed E-state index contributed by atoms with van der Waals surface area (Å²) in [6.07, 6.45) is 0.751. The summed E-state index contributed by atoms with van der Waals surface area (Å²) >= 11 is 6.35. The summed E-state index contributed by atoms with van der Waals surface area (Å²) in [7, 11) is 0. The number of halogens is 1. The van der Waals surface area contributed by atoms with Gasteiger partial charge in [0.05, 0.1) is 24.8 Å². The molecule has 0 saturated carbocycles. The number of rotatable bonds is 3. The van der Waals surface area contributed by atoms with E-state index in [-0.39, 0.29) is 19.2 Å². The number of carbonyl (C=O) groups is 2. The van der Waals surface area contributed by atoms with Crippen molar-refractivity contribution in [2.75, 3.05) is 20.0 Å². The van der Waals surface area contributed by atoms with Crippen molar-refractivity contribution in [1.29, 1.82) is 0 Å². The third-order valence-electron chi connectivity index (χ3n) is 5.43. The summed E-state index contributed by atoms with van der Waals surface area (Å²) in [6, 6.07) is 8.15. The first-order valence-corrected chi connectivity index (χ1v) is 9.96. The molecule has 9 heteroatoms. The fraction of sp³-hybridized carbons (Fsp3) is 0.333. The highest BCUT2D eigenvalue weighted by Gasteiger charge is 2.49. The number of fused-ring (bicyclic) bond motifs is 2. The molecule has 156 valence electrons. The van der Waals surface area contributed by atoms with Gasteiger partial charge in [-0.25, -0.2) is 4.79 Å². The number of amides is 3. The van der Waals surface area contributed by atoms with Gasteiger partial charge in [-0.1, -0.05) is 17.7 Å². The maximum atomic E-state index is 13.3. The molecule has 2 aromatic rings. The van der Waals surface area contributed by atoms with Gasteiger partial charge in [0.15, 0.2) is 23.0 Å². The molecule has 0 aromatic heterocycles. The molecular formula is C21H19ClN2O6. The molecule has 8 nitrogen and oxygen atoms in total. The average molecular weight is 431 g/mol. The van der Waals surface area contributed by atoms with Crippen molar-refractivity contribution >= 4 is 23.5 Å². The van der Waals surface area contributed by atoms with Crippen LogP contribution in [-0.2, 0) is 16.9 Å². The van der Waals surface area contributed by atoms with Gasteiger partial charge < -0.3 is 24.3 Å². The van der Waals surface area contributed by atoms with Crippen LogP contribution in [0.2, 0.25) is 5.02 Å². The second-order valence-electron chi connectivity index (χ2n) is 7.47. The topological polar surface area (TPSA) is 86.3 Å². The average Bonchev–Trinajstić information content (AvgIpc) is 3.17. The summed E-state index contributed by atoms with van der Waals surface area (Å²) < 4.78 is 22.1. The van der Waals surface area contributed by atoms with Crippen LogP contribution in [0.25, 0.3) is 0 Å². The highest BCUT2D eigenvalue weighted by atomic mass is 35.5. The Bertz CT molecular complexity index is 1060. The summed E-state index contributed by atoms with van der Waals surface area (Å²) in [5.41, 5.74) is 0.0691. The van der Waals surface area contributed by atoms with E-state index < -0.39 is 11.6 Å². The van der Waals surface area contributed by atoms with Crippen molar-refractivity contribution in [1.82, 2.24) is 10.2 Å². The predicted molar refractivity (Wildman–Crippen MR) is 106 cm³/mol. The minimum absolute atomic E-state index is 0.0567. The fourth-order valence-corrected chi connectivity index (χ4v) is 4.09. The number of imide groups is 1. The van der Waals surface area contributed by atoms with Crippen LogP contribution in [0.15, 0.2) is 30.3 Å². The number of urea groups is 1. The molecule has 1 N–H and O–H groups in total. The number of hydrogen-bond donors (Lipinski definition) is 1. The number of benzene rings is 2. The quantitative estimate of drug-likeness (QED) is 0.752. The maximum absolute atomic E-state index is 13.3. The van der Waals surface area contributed by atoms with Crippen molar-refractivity contribution in [3.05, 3.63) is 46.5 Å². The molecule has 0 radical (unpaired) electrons.